The molecule has 0 bridgehead atoms. The predicted molar refractivity (Wildman–Crippen MR) is 81.0 cm³/mol. The third-order valence-corrected chi connectivity index (χ3v) is 5.77. The Morgan fingerprint density at radius 2 is 1.90 bits per heavy atom. The molecular formula is C17H28N2O2. The van der Waals surface area contributed by atoms with Gasteiger partial charge in [0.05, 0.1) is 7.11 Å². The fraction of sp³-hybridized carbons (Fsp3) is 0.941. The van der Waals surface area contributed by atoms with E-state index in [1.807, 2.05) is 0 Å². The van der Waals surface area contributed by atoms with Crippen LogP contribution in [0.15, 0.2) is 0 Å². The van der Waals surface area contributed by atoms with Crippen LogP contribution in [-0.4, -0.2) is 48.2 Å². The van der Waals surface area contributed by atoms with Gasteiger partial charge in [0.25, 0.3) is 0 Å². The molecule has 2 unspecified atom stereocenters. The second kappa shape index (κ2) is 5.24. The summed E-state index contributed by atoms with van der Waals surface area (Å²) in [5, 5.41) is 3.63. The van der Waals surface area contributed by atoms with Gasteiger partial charge in [0.1, 0.15) is 5.54 Å². The monoisotopic (exact) mass is 292 g/mol. The van der Waals surface area contributed by atoms with Crippen molar-refractivity contribution < 1.29 is 9.53 Å². The molecule has 0 aromatic rings. The van der Waals surface area contributed by atoms with Crippen LogP contribution in [0.4, 0.5) is 0 Å². The molecule has 0 amide bonds. The average molecular weight is 292 g/mol. The summed E-state index contributed by atoms with van der Waals surface area (Å²) in [6.07, 6.45) is 11.1. The maximum absolute atomic E-state index is 12.4. The highest BCUT2D eigenvalue weighted by molar-refractivity contribution is 5.81. The molecule has 0 radical (unpaired) electrons. The van der Waals surface area contributed by atoms with E-state index in [1.165, 1.54) is 52.2 Å². The number of methoxy groups -OCH3 is 1. The molecule has 4 fully saturated rings. The second-order valence-electron chi connectivity index (χ2n) is 7.76. The van der Waals surface area contributed by atoms with E-state index in [9.17, 15) is 4.79 Å². The molecule has 21 heavy (non-hydrogen) atoms. The minimum atomic E-state index is -0.392. The van der Waals surface area contributed by atoms with Gasteiger partial charge in [-0.3, -0.25) is 15.0 Å². The first-order valence-corrected chi connectivity index (χ1v) is 8.82. The maximum atomic E-state index is 12.4. The Hall–Kier alpha value is -0.610. The lowest BCUT2D eigenvalue weighted by molar-refractivity contribution is -0.148. The van der Waals surface area contributed by atoms with Gasteiger partial charge >= 0.3 is 5.97 Å². The zero-order chi connectivity index (χ0) is 14.4. The number of rotatable bonds is 7. The summed E-state index contributed by atoms with van der Waals surface area (Å²) in [6, 6.07) is 1.95. The molecule has 4 nitrogen and oxygen atoms in total. The molecule has 4 saturated carbocycles. The summed E-state index contributed by atoms with van der Waals surface area (Å²) in [4.78, 5) is 15.1. The number of carbonyl (C=O) groups excluding carboxylic acids is 1. The Kier molecular flexibility index (Phi) is 3.49. The SMILES string of the molecule is COC(=O)C1(NC2CC2)CCC(N(CC2CC2)C2CC2)C1. The Labute approximate surface area is 127 Å². The molecule has 0 spiro atoms. The van der Waals surface area contributed by atoms with Gasteiger partial charge in [0.15, 0.2) is 0 Å². The minimum absolute atomic E-state index is 0.0286. The molecule has 4 aliphatic carbocycles. The molecular weight excluding hydrogens is 264 g/mol. The third kappa shape index (κ3) is 2.98. The lowest BCUT2D eigenvalue weighted by atomic mass is 9.96. The normalized spacial score (nSPS) is 36.2. The van der Waals surface area contributed by atoms with E-state index in [0.717, 1.165) is 31.2 Å². The first kappa shape index (κ1) is 14.0. The maximum Gasteiger partial charge on any atom is 0.326 e. The van der Waals surface area contributed by atoms with E-state index < -0.39 is 5.54 Å². The predicted octanol–water partition coefficient (Wildman–Crippen LogP) is 2.08. The Morgan fingerprint density at radius 3 is 2.48 bits per heavy atom. The minimum Gasteiger partial charge on any atom is -0.468 e. The number of esters is 1. The topological polar surface area (TPSA) is 41.6 Å². The molecule has 2 atom stereocenters. The number of nitrogens with zero attached hydrogens (tertiary/aromatic N) is 1. The zero-order valence-electron chi connectivity index (χ0n) is 13.1. The van der Waals surface area contributed by atoms with Gasteiger partial charge in [-0.1, -0.05) is 0 Å². The van der Waals surface area contributed by atoms with E-state index in [4.69, 9.17) is 4.74 Å². The summed E-state index contributed by atoms with van der Waals surface area (Å²) in [5.41, 5.74) is -0.392. The molecule has 4 rings (SSSR count). The molecule has 1 N–H and O–H groups in total. The van der Waals surface area contributed by atoms with E-state index in [2.05, 4.69) is 10.2 Å². The number of ether oxygens (including phenoxy) is 1. The Morgan fingerprint density at radius 1 is 1.14 bits per heavy atom. The highest BCUT2D eigenvalue weighted by atomic mass is 16.5. The van der Waals surface area contributed by atoms with Gasteiger partial charge in [-0.05, 0) is 63.7 Å². The molecule has 0 aromatic carbocycles. The fourth-order valence-electron chi connectivity index (χ4n) is 4.09. The summed E-state index contributed by atoms with van der Waals surface area (Å²) >= 11 is 0. The van der Waals surface area contributed by atoms with Crippen molar-refractivity contribution in [1.82, 2.24) is 10.2 Å². The second-order valence-corrected chi connectivity index (χ2v) is 7.76. The molecule has 118 valence electrons. The summed E-state index contributed by atoms with van der Waals surface area (Å²) in [5.74, 6) is 0.911. The number of hydrogen-bond acceptors (Lipinski definition) is 4. The Balaban J connectivity index is 1.45. The summed E-state index contributed by atoms with van der Waals surface area (Å²) < 4.78 is 5.14. The van der Waals surface area contributed by atoms with E-state index in [1.54, 1.807) is 0 Å². The third-order valence-electron chi connectivity index (χ3n) is 5.77. The van der Waals surface area contributed by atoms with Crippen molar-refractivity contribution in [3.63, 3.8) is 0 Å². The van der Waals surface area contributed by atoms with Crippen LogP contribution in [0.2, 0.25) is 0 Å². The van der Waals surface area contributed by atoms with Gasteiger partial charge in [-0.25, -0.2) is 0 Å². The zero-order valence-corrected chi connectivity index (χ0v) is 13.1. The molecule has 4 heteroatoms. The largest absolute Gasteiger partial charge is 0.468 e. The van der Waals surface area contributed by atoms with E-state index >= 15 is 0 Å². The average Bonchev–Trinajstić information content (AvgIpc) is 3.32. The highest BCUT2D eigenvalue weighted by Gasteiger charge is 2.51. The highest BCUT2D eigenvalue weighted by Crippen LogP contribution is 2.43. The van der Waals surface area contributed by atoms with Crippen molar-refractivity contribution in [1.29, 1.82) is 0 Å². The summed E-state index contributed by atoms with van der Waals surface area (Å²) in [6.45, 7) is 1.27. The van der Waals surface area contributed by atoms with Crippen LogP contribution in [0.25, 0.3) is 0 Å². The standard InChI is InChI=1S/C17H28N2O2/c1-21-16(20)17(18-13-4-5-13)9-8-15(10-17)19(14-6-7-14)11-12-2-3-12/h12-15,18H,2-11H2,1H3. The molecule has 0 aliphatic heterocycles. The molecule has 4 aliphatic rings. The van der Waals surface area contributed by atoms with Gasteiger partial charge in [-0.15, -0.1) is 0 Å². The number of hydrogen-bond donors (Lipinski definition) is 1. The van der Waals surface area contributed by atoms with Gasteiger partial charge < -0.3 is 4.74 Å². The van der Waals surface area contributed by atoms with Crippen LogP contribution >= 0.6 is 0 Å². The lowest BCUT2D eigenvalue weighted by Crippen LogP contribution is -2.53. The molecule has 0 saturated heterocycles. The van der Waals surface area contributed by atoms with E-state index in [-0.39, 0.29) is 5.97 Å². The van der Waals surface area contributed by atoms with Crippen LogP contribution in [0, 0.1) is 5.92 Å². The smallest absolute Gasteiger partial charge is 0.326 e. The van der Waals surface area contributed by atoms with Crippen molar-refractivity contribution >= 4 is 5.97 Å². The van der Waals surface area contributed by atoms with Crippen LogP contribution < -0.4 is 5.32 Å². The van der Waals surface area contributed by atoms with Crippen molar-refractivity contribution in [2.45, 2.75) is 81.5 Å². The van der Waals surface area contributed by atoms with Gasteiger partial charge in [0.2, 0.25) is 0 Å². The molecule has 0 aromatic heterocycles. The van der Waals surface area contributed by atoms with Crippen LogP contribution in [0.1, 0.15) is 57.8 Å². The van der Waals surface area contributed by atoms with Crippen molar-refractivity contribution in [3.05, 3.63) is 0 Å². The number of nitrogens with one attached hydrogen (secondary N) is 1. The van der Waals surface area contributed by atoms with Crippen LogP contribution in [0.3, 0.4) is 0 Å². The first-order valence-electron chi connectivity index (χ1n) is 8.82. The van der Waals surface area contributed by atoms with Gasteiger partial charge in [-0.2, -0.15) is 0 Å². The quantitative estimate of drug-likeness (QED) is 0.730. The van der Waals surface area contributed by atoms with Crippen molar-refractivity contribution in [3.8, 4) is 0 Å². The number of carbonyl (C=O) groups is 1. The van der Waals surface area contributed by atoms with Crippen molar-refractivity contribution in [2.24, 2.45) is 5.92 Å². The summed E-state index contributed by atoms with van der Waals surface area (Å²) in [7, 11) is 1.54. The van der Waals surface area contributed by atoms with E-state index in [0.29, 0.717) is 12.1 Å². The fourth-order valence-corrected chi connectivity index (χ4v) is 4.09. The first-order chi connectivity index (χ1) is 10.2. The molecule has 0 heterocycles. The van der Waals surface area contributed by atoms with Crippen LogP contribution in [-0.2, 0) is 9.53 Å². The van der Waals surface area contributed by atoms with Gasteiger partial charge in [0, 0.05) is 24.7 Å². The van der Waals surface area contributed by atoms with Crippen LogP contribution in [0.5, 0.6) is 0 Å². The van der Waals surface area contributed by atoms with Crippen molar-refractivity contribution in [2.75, 3.05) is 13.7 Å². The Bertz CT molecular complexity index is 415. The lowest BCUT2D eigenvalue weighted by Gasteiger charge is -2.32.